The summed E-state index contributed by atoms with van der Waals surface area (Å²) in [6.45, 7) is 5.34. The number of benzene rings is 1. The van der Waals surface area contributed by atoms with Gasteiger partial charge in [-0.1, -0.05) is 6.92 Å². The van der Waals surface area contributed by atoms with Crippen LogP contribution in [0, 0.1) is 0 Å². The van der Waals surface area contributed by atoms with E-state index >= 15 is 0 Å². The van der Waals surface area contributed by atoms with Gasteiger partial charge in [-0.05, 0) is 44.1 Å². The lowest BCUT2D eigenvalue weighted by Gasteiger charge is -2.31. The molecule has 1 aliphatic heterocycles. The van der Waals surface area contributed by atoms with E-state index in [-0.39, 0.29) is 5.56 Å². The van der Waals surface area contributed by atoms with Crippen molar-refractivity contribution in [3.63, 3.8) is 0 Å². The topological polar surface area (TPSA) is 78.6 Å². The Hall–Kier alpha value is -2.08. The largest absolute Gasteiger partial charge is 0.478 e. The van der Waals surface area contributed by atoms with E-state index in [2.05, 4.69) is 22.1 Å². The number of aromatic nitrogens is 1. The monoisotopic (exact) mass is 289 g/mol. The fourth-order valence-corrected chi connectivity index (χ4v) is 2.75. The maximum Gasteiger partial charge on any atom is 0.335 e. The van der Waals surface area contributed by atoms with E-state index in [1.165, 1.54) is 12.1 Å². The zero-order chi connectivity index (χ0) is 14.8. The summed E-state index contributed by atoms with van der Waals surface area (Å²) >= 11 is 0. The second-order valence-corrected chi connectivity index (χ2v) is 5.38. The van der Waals surface area contributed by atoms with Gasteiger partial charge in [0.2, 0.25) is 0 Å². The quantitative estimate of drug-likeness (QED) is 0.900. The van der Waals surface area contributed by atoms with E-state index < -0.39 is 5.97 Å². The molecule has 2 aromatic rings. The van der Waals surface area contributed by atoms with Gasteiger partial charge in [0.1, 0.15) is 5.52 Å². The molecule has 0 aliphatic carbocycles. The van der Waals surface area contributed by atoms with Crippen molar-refractivity contribution in [2.75, 3.05) is 25.0 Å². The number of rotatable bonds is 4. The van der Waals surface area contributed by atoms with Gasteiger partial charge in [0, 0.05) is 12.6 Å². The molecule has 0 spiro atoms. The number of likely N-dealkylation sites (tertiary alicyclic amines) is 1. The predicted molar refractivity (Wildman–Crippen MR) is 79.7 cm³/mol. The van der Waals surface area contributed by atoms with Crippen molar-refractivity contribution < 1.29 is 14.3 Å². The average Bonchev–Trinajstić information content (AvgIpc) is 2.88. The number of hydrogen-bond donors (Lipinski definition) is 2. The maximum atomic E-state index is 11.0. The van der Waals surface area contributed by atoms with Gasteiger partial charge < -0.3 is 19.7 Å². The third-order valence-electron chi connectivity index (χ3n) is 3.92. The van der Waals surface area contributed by atoms with E-state index in [4.69, 9.17) is 9.52 Å². The minimum atomic E-state index is -0.964. The zero-order valence-corrected chi connectivity index (χ0v) is 12.0. The number of piperidine rings is 1. The number of hydrogen-bond acceptors (Lipinski definition) is 5. The highest BCUT2D eigenvalue weighted by atomic mass is 16.4. The first-order valence-corrected chi connectivity index (χ1v) is 7.28. The van der Waals surface area contributed by atoms with E-state index in [9.17, 15) is 4.79 Å². The molecule has 0 radical (unpaired) electrons. The van der Waals surface area contributed by atoms with Crippen LogP contribution in [0.25, 0.3) is 11.1 Å². The summed E-state index contributed by atoms with van der Waals surface area (Å²) in [7, 11) is 0. The summed E-state index contributed by atoms with van der Waals surface area (Å²) in [5, 5.41) is 12.3. The predicted octanol–water partition coefficient (Wildman–Crippen LogP) is 2.42. The first kappa shape index (κ1) is 13.9. The van der Waals surface area contributed by atoms with Crippen molar-refractivity contribution in [3.8, 4) is 0 Å². The fourth-order valence-electron chi connectivity index (χ4n) is 2.75. The SMILES string of the molecule is CCN1CCCC(Nc2nc3ccc(C(=O)O)cc3o2)C1. The van der Waals surface area contributed by atoms with Gasteiger partial charge in [0.05, 0.1) is 5.56 Å². The van der Waals surface area contributed by atoms with Gasteiger partial charge in [-0.15, -0.1) is 0 Å². The van der Waals surface area contributed by atoms with E-state index in [0.717, 1.165) is 32.5 Å². The van der Waals surface area contributed by atoms with Crippen molar-refractivity contribution in [2.45, 2.75) is 25.8 Å². The van der Waals surface area contributed by atoms with Crippen molar-refractivity contribution in [1.82, 2.24) is 9.88 Å². The van der Waals surface area contributed by atoms with Crippen LogP contribution >= 0.6 is 0 Å². The number of fused-ring (bicyclic) bond motifs is 1. The standard InChI is InChI=1S/C15H19N3O3/c1-2-18-7-3-4-11(9-18)16-15-17-12-6-5-10(14(19)20)8-13(12)21-15/h5-6,8,11H,2-4,7,9H2,1H3,(H,16,17)(H,19,20). The van der Waals surface area contributed by atoms with Gasteiger partial charge in [-0.25, -0.2) is 4.79 Å². The molecule has 0 saturated carbocycles. The van der Waals surface area contributed by atoms with Gasteiger partial charge in [0.15, 0.2) is 5.58 Å². The van der Waals surface area contributed by atoms with Crippen molar-refractivity contribution in [1.29, 1.82) is 0 Å². The molecule has 0 amide bonds. The molecule has 0 bridgehead atoms. The number of carboxylic acids is 1. The lowest BCUT2D eigenvalue weighted by Crippen LogP contribution is -2.41. The molecular weight excluding hydrogens is 270 g/mol. The van der Waals surface area contributed by atoms with Crippen molar-refractivity contribution in [3.05, 3.63) is 23.8 Å². The molecule has 2 heterocycles. The first-order valence-electron chi connectivity index (χ1n) is 7.28. The van der Waals surface area contributed by atoms with Crippen LogP contribution in [0.4, 0.5) is 6.01 Å². The number of likely N-dealkylation sites (N-methyl/N-ethyl adjacent to an activating group) is 1. The smallest absolute Gasteiger partial charge is 0.335 e. The van der Waals surface area contributed by atoms with E-state index in [0.29, 0.717) is 23.2 Å². The van der Waals surface area contributed by atoms with E-state index in [1.54, 1.807) is 6.07 Å². The average molecular weight is 289 g/mol. The molecule has 1 atom stereocenters. The number of nitrogens with zero attached hydrogens (tertiary/aromatic N) is 2. The van der Waals surface area contributed by atoms with Crippen molar-refractivity contribution in [2.24, 2.45) is 0 Å². The Balaban J connectivity index is 1.76. The fraction of sp³-hybridized carbons (Fsp3) is 0.467. The van der Waals surface area contributed by atoms with Crippen LogP contribution in [0.5, 0.6) is 0 Å². The Bertz CT molecular complexity index is 653. The number of anilines is 1. The highest BCUT2D eigenvalue weighted by Crippen LogP contribution is 2.22. The van der Waals surface area contributed by atoms with Gasteiger partial charge in [-0.2, -0.15) is 4.98 Å². The molecule has 3 rings (SSSR count). The molecule has 6 heteroatoms. The summed E-state index contributed by atoms with van der Waals surface area (Å²) in [6.07, 6.45) is 2.25. The minimum absolute atomic E-state index is 0.208. The summed E-state index contributed by atoms with van der Waals surface area (Å²) in [6, 6.07) is 5.51. The lowest BCUT2D eigenvalue weighted by molar-refractivity contribution is 0.0697. The van der Waals surface area contributed by atoms with Crippen LogP contribution in [-0.2, 0) is 0 Å². The second kappa shape index (κ2) is 5.73. The summed E-state index contributed by atoms with van der Waals surface area (Å²) in [4.78, 5) is 17.7. The normalized spacial score (nSPS) is 19.8. The molecule has 21 heavy (non-hydrogen) atoms. The molecule has 1 aromatic carbocycles. The Morgan fingerprint density at radius 1 is 1.57 bits per heavy atom. The van der Waals surface area contributed by atoms with Gasteiger partial charge in [0.25, 0.3) is 6.01 Å². The minimum Gasteiger partial charge on any atom is -0.478 e. The van der Waals surface area contributed by atoms with Crippen LogP contribution in [-0.4, -0.2) is 46.6 Å². The third kappa shape index (κ3) is 3.00. The van der Waals surface area contributed by atoms with Gasteiger partial charge in [-0.3, -0.25) is 0 Å². The first-order chi connectivity index (χ1) is 10.2. The van der Waals surface area contributed by atoms with Crippen LogP contribution in [0.1, 0.15) is 30.1 Å². The molecule has 112 valence electrons. The molecule has 1 saturated heterocycles. The summed E-state index contributed by atoms with van der Waals surface area (Å²) in [5.74, 6) is -0.964. The van der Waals surface area contributed by atoms with E-state index in [1.807, 2.05) is 0 Å². The summed E-state index contributed by atoms with van der Waals surface area (Å²) < 4.78 is 5.63. The molecule has 6 nitrogen and oxygen atoms in total. The van der Waals surface area contributed by atoms with Crippen molar-refractivity contribution >= 4 is 23.1 Å². The van der Waals surface area contributed by atoms with Crippen LogP contribution in [0.15, 0.2) is 22.6 Å². The highest BCUT2D eigenvalue weighted by molar-refractivity contribution is 5.92. The Labute approximate surface area is 122 Å². The number of carboxylic acid groups (broad SMARTS) is 1. The van der Waals surface area contributed by atoms with Crippen LogP contribution in [0.3, 0.4) is 0 Å². The Morgan fingerprint density at radius 3 is 3.19 bits per heavy atom. The number of nitrogens with one attached hydrogen (secondary N) is 1. The van der Waals surface area contributed by atoms with Crippen LogP contribution < -0.4 is 5.32 Å². The molecule has 2 N–H and O–H groups in total. The molecule has 1 aliphatic rings. The molecule has 1 aromatic heterocycles. The Kier molecular flexibility index (Phi) is 3.79. The number of carbonyl (C=O) groups is 1. The molecule has 1 unspecified atom stereocenters. The third-order valence-corrected chi connectivity index (χ3v) is 3.92. The zero-order valence-electron chi connectivity index (χ0n) is 12.0. The Morgan fingerprint density at radius 2 is 2.43 bits per heavy atom. The highest BCUT2D eigenvalue weighted by Gasteiger charge is 2.20. The summed E-state index contributed by atoms with van der Waals surface area (Å²) in [5.41, 5.74) is 1.38. The lowest BCUT2D eigenvalue weighted by atomic mass is 10.1. The molecular formula is C15H19N3O3. The number of aromatic carboxylic acids is 1. The maximum absolute atomic E-state index is 11.0. The molecule has 1 fully saturated rings. The number of oxazole rings is 1. The van der Waals surface area contributed by atoms with Crippen LogP contribution in [0.2, 0.25) is 0 Å². The van der Waals surface area contributed by atoms with Gasteiger partial charge >= 0.3 is 5.97 Å². The second-order valence-electron chi connectivity index (χ2n) is 5.38.